The zero-order valence-corrected chi connectivity index (χ0v) is 12.5. The smallest absolute Gasteiger partial charge is 0.293 e. The molecule has 2 N–H and O–H groups in total. The first-order chi connectivity index (χ1) is 10.2. The molecule has 1 aromatic carbocycles. The molecule has 0 saturated heterocycles. The van der Waals surface area contributed by atoms with Gasteiger partial charge in [0.05, 0.1) is 10.6 Å². The van der Waals surface area contributed by atoms with E-state index in [-0.39, 0.29) is 16.8 Å². The Labute approximate surface area is 126 Å². The number of ether oxygens (including phenoxy) is 1. The van der Waals surface area contributed by atoms with Crippen molar-refractivity contribution < 1.29 is 14.5 Å². The minimum absolute atomic E-state index is 0.0247. The van der Waals surface area contributed by atoms with Gasteiger partial charge in [-0.1, -0.05) is 0 Å². The van der Waals surface area contributed by atoms with Gasteiger partial charge in [0.15, 0.2) is 0 Å². The Morgan fingerprint density at radius 1 is 1.18 bits per heavy atom. The van der Waals surface area contributed by atoms with Gasteiger partial charge in [0.25, 0.3) is 17.7 Å². The fourth-order valence-corrected chi connectivity index (χ4v) is 1.39. The summed E-state index contributed by atoms with van der Waals surface area (Å²) in [7, 11) is 0. The van der Waals surface area contributed by atoms with Crippen molar-refractivity contribution in [3.63, 3.8) is 0 Å². The second kappa shape index (κ2) is 7.21. The third kappa shape index (κ3) is 5.61. The van der Waals surface area contributed by atoms with E-state index in [0.29, 0.717) is 12.2 Å². The average Bonchev–Trinajstić information content (AvgIpc) is 2.85. The number of aromatic nitrogens is 2. The van der Waals surface area contributed by atoms with Crippen molar-refractivity contribution in [2.75, 3.05) is 0 Å². The summed E-state index contributed by atoms with van der Waals surface area (Å²) in [5.41, 5.74) is 0.802. The number of hydrogen-bond acceptors (Lipinski definition) is 5. The van der Waals surface area contributed by atoms with Gasteiger partial charge < -0.3 is 4.74 Å². The molecule has 0 saturated carbocycles. The number of aromatic amines is 2. The SMILES string of the molecule is CC(C)(C)OC=O.O=c1cc(-c2ccc([N+](=O)[O-])cc2)[nH][nH]1. The van der Waals surface area contributed by atoms with Crippen LogP contribution in [0.2, 0.25) is 0 Å². The molecule has 0 bridgehead atoms. The van der Waals surface area contributed by atoms with Crippen LogP contribution in [0.1, 0.15) is 20.8 Å². The van der Waals surface area contributed by atoms with Gasteiger partial charge in [-0.25, -0.2) is 0 Å². The highest BCUT2D eigenvalue weighted by Gasteiger charge is 2.07. The van der Waals surface area contributed by atoms with Gasteiger partial charge in [-0.05, 0) is 32.9 Å². The van der Waals surface area contributed by atoms with Gasteiger partial charge in [-0.3, -0.25) is 29.9 Å². The van der Waals surface area contributed by atoms with E-state index in [1.54, 1.807) is 12.1 Å². The molecule has 8 heteroatoms. The van der Waals surface area contributed by atoms with Crippen LogP contribution in [0.4, 0.5) is 5.69 Å². The fraction of sp³-hybridized carbons (Fsp3) is 0.286. The highest BCUT2D eigenvalue weighted by molar-refractivity contribution is 5.60. The number of benzene rings is 1. The molecule has 1 aromatic heterocycles. The van der Waals surface area contributed by atoms with E-state index < -0.39 is 4.92 Å². The summed E-state index contributed by atoms with van der Waals surface area (Å²) in [4.78, 5) is 30.4. The van der Waals surface area contributed by atoms with E-state index in [2.05, 4.69) is 14.9 Å². The van der Waals surface area contributed by atoms with Crippen LogP contribution in [0.5, 0.6) is 0 Å². The standard InChI is InChI=1S/C9H7N3O3.C5H10O2/c13-9-5-8(10-11-9)6-1-3-7(4-2-6)12(14)15;1-5(2,3)7-4-6/h1-5H,(H2,10,11,13);4H,1-3H3. The third-order valence-corrected chi connectivity index (χ3v) is 2.39. The van der Waals surface area contributed by atoms with Crippen LogP contribution in [-0.2, 0) is 9.53 Å². The molecule has 0 unspecified atom stereocenters. The Balaban J connectivity index is 0.000000295. The summed E-state index contributed by atoms with van der Waals surface area (Å²) in [5.74, 6) is 0. The number of rotatable bonds is 3. The summed E-state index contributed by atoms with van der Waals surface area (Å²) >= 11 is 0. The van der Waals surface area contributed by atoms with Crippen LogP contribution < -0.4 is 5.56 Å². The number of non-ortho nitro benzene ring substituents is 1. The minimum Gasteiger partial charge on any atom is -0.462 e. The summed E-state index contributed by atoms with van der Waals surface area (Å²) in [6, 6.07) is 7.33. The topological polar surface area (TPSA) is 118 Å². The average molecular weight is 307 g/mol. The fourth-order valence-electron chi connectivity index (χ4n) is 1.39. The monoisotopic (exact) mass is 307 g/mol. The van der Waals surface area contributed by atoms with Crippen LogP contribution in [0, 0.1) is 10.1 Å². The first-order valence-corrected chi connectivity index (χ1v) is 6.37. The Kier molecular flexibility index (Phi) is 5.62. The first kappa shape index (κ1) is 17.2. The largest absolute Gasteiger partial charge is 0.462 e. The van der Waals surface area contributed by atoms with Gasteiger partial charge in [0.1, 0.15) is 5.60 Å². The maximum Gasteiger partial charge on any atom is 0.293 e. The molecule has 2 rings (SSSR count). The van der Waals surface area contributed by atoms with Crippen LogP contribution >= 0.6 is 0 Å². The van der Waals surface area contributed by atoms with Gasteiger partial charge >= 0.3 is 0 Å². The van der Waals surface area contributed by atoms with Crippen LogP contribution in [-0.4, -0.2) is 27.2 Å². The number of hydrogen-bond donors (Lipinski definition) is 2. The van der Waals surface area contributed by atoms with Crippen LogP contribution in [0.15, 0.2) is 35.1 Å². The molecule has 0 radical (unpaired) electrons. The van der Waals surface area contributed by atoms with Crippen molar-refractivity contribution in [2.45, 2.75) is 26.4 Å². The van der Waals surface area contributed by atoms with Crippen molar-refractivity contribution in [3.05, 3.63) is 50.8 Å². The maximum atomic E-state index is 10.8. The summed E-state index contributed by atoms with van der Waals surface area (Å²) < 4.78 is 4.55. The molecule has 2 aromatic rings. The second-order valence-electron chi connectivity index (χ2n) is 5.30. The Bertz CT molecular complexity index is 679. The molecule has 118 valence electrons. The molecule has 0 fully saturated rings. The molecule has 0 atom stereocenters. The van der Waals surface area contributed by atoms with Gasteiger partial charge in [0, 0.05) is 23.8 Å². The number of carbonyl (C=O) groups is 1. The lowest BCUT2D eigenvalue weighted by atomic mass is 10.1. The van der Waals surface area contributed by atoms with E-state index in [9.17, 15) is 19.7 Å². The number of H-pyrrole nitrogens is 2. The third-order valence-electron chi connectivity index (χ3n) is 2.39. The number of nitrogens with zero attached hydrogens (tertiary/aromatic N) is 1. The molecular formula is C14H17N3O5. The highest BCUT2D eigenvalue weighted by atomic mass is 16.6. The number of carbonyl (C=O) groups excluding carboxylic acids is 1. The van der Waals surface area contributed by atoms with Gasteiger partial charge in [-0.2, -0.15) is 0 Å². The summed E-state index contributed by atoms with van der Waals surface area (Å²) in [6.45, 7) is 5.92. The zero-order chi connectivity index (χ0) is 16.8. The van der Waals surface area contributed by atoms with Gasteiger partial charge in [-0.15, -0.1) is 0 Å². The second-order valence-corrected chi connectivity index (χ2v) is 5.30. The molecule has 0 aliphatic rings. The van der Waals surface area contributed by atoms with Crippen molar-refractivity contribution in [1.29, 1.82) is 0 Å². The quantitative estimate of drug-likeness (QED) is 0.512. The zero-order valence-electron chi connectivity index (χ0n) is 12.5. The number of nitrogens with one attached hydrogen (secondary N) is 2. The van der Waals surface area contributed by atoms with Crippen molar-refractivity contribution >= 4 is 12.2 Å². The van der Waals surface area contributed by atoms with Crippen LogP contribution in [0.3, 0.4) is 0 Å². The lowest BCUT2D eigenvalue weighted by Gasteiger charge is -2.14. The van der Waals surface area contributed by atoms with Crippen LogP contribution in [0.25, 0.3) is 11.3 Å². The van der Waals surface area contributed by atoms with Crippen molar-refractivity contribution in [3.8, 4) is 11.3 Å². The van der Waals surface area contributed by atoms with Crippen molar-refractivity contribution in [1.82, 2.24) is 10.2 Å². The highest BCUT2D eigenvalue weighted by Crippen LogP contribution is 2.18. The maximum absolute atomic E-state index is 10.8. The van der Waals surface area contributed by atoms with E-state index in [4.69, 9.17) is 0 Å². The first-order valence-electron chi connectivity index (χ1n) is 6.37. The lowest BCUT2D eigenvalue weighted by Crippen LogP contribution is -2.17. The molecule has 8 nitrogen and oxygen atoms in total. The molecule has 0 aliphatic carbocycles. The van der Waals surface area contributed by atoms with Crippen molar-refractivity contribution in [2.24, 2.45) is 0 Å². The van der Waals surface area contributed by atoms with E-state index >= 15 is 0 Å². The van der Waals surface area contributed by atoms with E-state index in [1.807, 2.05) is 20.8 Å². The van der Waals surface area contributed by atoms with E-state index in [0.717, 1.165) is 5.56 Å². The lowest BCUT2D eigenvalue weighted by molar-refractivity contribution is -0.384. The normalized spacial score (nSPS) is 10.3. The Morgan fingerprint density at radius 3 is 2.09 bits per heavy atom. The molecule has 0 spiro atoms. The molecule has 0 aliphatic heterocycles. The minimum atomic E-state index is -0.469. The molecule has 22 heavy (non-hydrogen) atoms. The summed E-state index contributed by atoms with van der Waals surface area (Å²) in [6.07, 6.45) is 0. The number of nitro benzene ring substituents is 1. The van der Waals surface area contributed by atoms with E-state index in [1.165, 1.54) is 18.2 Å². The molecule has 0 amide bonds. The Morgan fingerprint density at radius 2 is 1.77 bits per heavy atom. The number of nitro groups is 1. The molecule has 1 heterocycles. The predicted molar refractivity (Wildman–Crippen MR) is 80.4 cm³/mol. The summed E-state index contributed by atoms with van der Waals surface area (Å²) in [5, 5.41) is 15.4. The predicted octanol–water partition coefficient (Wildman–Crippen LogP) is 2.24. The Hall–Kier alpha value is -2.90. The van der Waals surface area contributed by atoms with Gasteiger partial charge in [0.2, 0.25) is 0 Å². The molecular weight excluding hydrogens is 290 g/mol.